The first-order valence-electron chi connectivity index (χ1n) is 7.70. The molecule has 2 aromatic rings. The Morgan fingerprint density at radius 2 is 2.00 bits per heavy atom. The first kappa shape index (κ1) is 18.0. The van der Waals surface area contributed by atoms with Gasteiger partial charge in [-0.25, -0.2) is 4.39 Å². The molecule has 0 aliphatic carbocycles. The van der Waals surface area contributed by atoms with Crippen molar-refractivity contribution in [1.29, 1.82) is 0 Å². The van der Waals surface area contributed by atoms with Gasteiger partial charge in [0.1, 0.15) is 5.82 Å². The van der Waals surface area contributed by atoms with Crippen LogP contribution in [0, 0.1) is 5.82 Å². The van der Waals surface area contributed by atoms with E-state index in [4.69, 9.17) is 0 Å². The molecule has 8 heteroatoms. The lowest BCUT2D eigenvalue weighted by molar-refractivity contribution is -0.131. The summed E-state index contributed by atoms with van der Waals surface area (Å²) < 4.78 is 13.9. The van der Waals surface area contributed by atoms with Crippen molar-refractivity contribution in [1.82, 2.24) is 10.2 Å². The number of β-amino-alcohol motifs (C(OH)–C–C–N with tert-alkyl or cyclic N) is 1. The van der Waals surface area contributed by atoms with Gasteiger partial charge in [-0.2, -0.15) is 0 Å². The summed E-state index contributed by atoms with van der Waals surface area (Å²) in [7, 11) is 0. The van der Waals surface area contributed by atoms with Crippen LogP contribution < -0.4 is 5.32 Å². The van der Waals surface area contributed by atoms with Crippen molar-refractivity contribution in [3.8, 4) is 0 Å². The first-order chi connectivity index (χ1) is 11.9. The fourth-order valence-electron chi connectivity index (χ4n) is 2.87. The Balaban J connectivity index is 1.65. The minimum atomic E-state index is -0.636. The van der Waals surface area contributed by atoms with Gasteiger partial charge in [0.2, 0.25) is 5.91 Å². The van der Waals surface area contributed by atoms with Gasteiger partial charge in [0.15, 0.2) is 0 Å². The average molecular weight is 427 g/mol. The molecule has 2 amide bonds. The number of benzene rings is 1. The number of thiophene rings is 1. The third kappa shape index (κ3) is 4.26. The zero-order valence-electron chi connectivity index (χ0n) is 13.1. The van der Waals surface area contributed by atoms with Crippen LogP contribution >= 0.6 is 27.3 Å². The predicted molar refractivity (Wildman–Crippen MR) is 95.8 cm³/mol. The molecule has 1 aromatic carbocycles. The number of hydrogen-bond donors (Lipinski definition) is 2. The number of carbonyl (C=O) groups excluding carboxylic acids is 2. The molecule has 1 saturated heterocycles. The van der Waals surface area contributed by atoms with Gasteiger partial charge in [0.25, 0.3) is 5.91 Å². The Labute approximate surface area is 156 Å². The molecule has 25 heavy (non-hydrogen) atoms. The Morgan fingerprint density at radius 1 is 1.28 bits per heavy atom. The van der Waals surface area contributed by atoms with Crippen LogP contribution in [0.2, 0.25) is 0 Å². The molecule has 0 unspecified atom stereocenters. The maximum Gasteiger partial charge on any atom is 0.261 e. The standard InChI is InChI=1S/C17H16BrFN2O3S/c18-15-6-5-14(25-15)17(24)20-8-16(23)21-9-12(22)7-13(21)10-1-3-11(19)4-2-10/h1-6,12-13,22H,7-9H2,(H,20,24)/t12-,13-/m0/s1. The summed E-state index contributed by atoms with van der Waals surface area (Å²) in [5.74, 6) is -0.952. The smallest absolute Gasteiger partial charge is 0.261 e. The van der Waals surface area contributed by atoms with Crippen LogP contribution in [-0.4, -0.2) is 41.0 Å². The lowest BCUT2D eigenvalue weighted by atomic mass is 10.0. The number of rotatable bonds is 4. The number of halogens is 2. The van der Waals surface area contributed by atoms with Crippen molar-refractivity contribution in [3.05, 3.63) is 56.4 Å². The van der Waals surface area contributed by atoms with Crippen LogP contribution in [0.25, 0.3) is 0 Å². The van der Waals surface area contributed by atoms with Crippen molar-refractivity contribution in [2.75, 3.05) is 13.1 Å². The Bertz CT molecular complexity index is 780. The monoisotopic (exact) mass is 426 g/mol. The molecule has 1 aliphatic rings. The second-order valence-electron chi connectivity index (χ2n) is 5.79. The minimum absolute atomic E-state index is 0.154. The lowest BCUT2D eigenvalue weighted by Gasteiger charge is -2.25. The van der Waals surface area contributed by atoms with Crippen LogP contribution in [0.3, 0.4) is 0 Å². The molecule has 132 valence electrons. The Morgan fingerprint density at radius 3 is 2.64 bits per heavy atom. The van der Waals surface area contributed by atoms with Crippen molar-refractivity contribution >= 4 is 39.1 Å². The normalized spacial score (nSPS) is 19.9. The summed E-state index contributed by atoms with van der Waals surface area (Å²) in [6, 6.07) is 9.01. The number of aliphatic hydroxyl groups is 1. The molecule has 0 radical (unpaired) electrons. The highest BCUT2D eigenvalue weighted by Gasteiger charge is 2.35. The van der Waals surface area contributed by atoms with Crippen molar-refractivity contribution < 1.29 is 19.1 Å². The molecule has 5 nitrogen and oxygen atoms in total. The minimum Gasteiger partial charge on any atom is -0.391 e. The zero-order chi connectivity index (χ0) is 18.0. The van der Waals surface area contributed by atoms with E-state index in [9.17, 15) is 19.1 Å². The van der Waals surface area contributed by atoms with Crippen molar-refractivity contribution in [2.24, 2.45) is 0 Å². The Hall–Kier alpha value is -1.77. The molecule has 0 bridgehead atoms. The molecule has 1 aliphatic heterocycles. The van der Waals surface area contributed by atoms with Crippen LogP contribution in [0.1, 0.15) is 27.7 Å². The summed E-state index contributed by atoms with van der Waals surface area (Å²) in [4.78, 5) is 26.6. The highest BCUT2D eigenvalue weighted by atomic mass is 79.9. The van der Waals surface area contributed by atoms with E-state index in [2.05, 4.69) is 21.2 Å². The predicted octanol–water partition coefficient (Wildman–Crippen LogP) is 2.71. The van der Waals surface area contributed by atoms with Gasteiger partial charge in [0, 0.05) is 6.54 Å². The van der Waals surface area contributed by atoms with E-state index < -0.39 is 6.10 Å². The molecule has 0 spiro atoms. The number of nitrogens with one attached hydrogen (secondary N) is 1. The summed E-state index contributed by atoms with van der Waals surface area (Å²) in [6.45, 7) is 0.0417. The number of carbonyl (C=O) groups is 2. The number of amides is 2. The summed E-state index contributed by atoms with van der Waals surface area (Å²) >= 11 is 4.57. The van der Waals surface area contributed by atoms with Crippen molar-refractivity contribution in [3.63, 3.8) is 0 Å². The fourth-order valence-corrected chi connectivity index (χ4v) is 4.17. The quantitative estimate of drug-likeness (QED) is 0.789. The Kier molecular flexibility index (Phi) is 5.51. The summed E-state index contributed by atoms with van der Waals surface area (Å²) in [5.41, 5.74) is 0.764. The topological polar surface area (TPSA) is 69.6 Å². The van der Waals surface area contributed by atoms with Gasteiger partial charge in [-0.05, 0) is 52.2 Å². The SMILES string of the molecule is O=C(NCC(=O)N1C[C@@H](O)C[C@H]1c1ccc(F)cc1)c1ccc(Br)s1. The van der Waals surface area contributed by atoms with Crippen LogP contribution in [0.4, 0.5) is 4.39 Å². The largest absolute Gasteiger partial charge is 0.391 e. The highest BCUT2D eigenvalue weighted by molar-refractivity contribution is 9.11. The van der Waals surface area contributed by atoms with E-state index in [0.29, 0.717) is 11.3 Å². The molecule has 3 rings (SSSR count). The number of hydrogen-bond acceptors (Lipinski definition) is 4. The third-order valence-corrected chi connectivity index (χ3v) is 5.67. The van der Waals surface area contributed by atoms with E-state index in [-0.39, 0.29) is 36.8 Å². The number of likely N-dealkylation sites (tertiary alicyclic amines) is 1. The van der Waals surface area contributed by atoms with E-state index in [0.717, 1.165) is 9.35 Å². The van der Waals surface area contributed by atoms with Gasteiger partial charge in [-0.15, -0.1) is 11.3 Å². The highest BCUT2D eigenvalue weighted by Crippen LogP contribution is 2.32. The van der Waals surface area contributed by atoms with Crippen molar-refractivity contribution in [2.45, 2.75) is 18.6 Å². The molecular weight excluding hydrogens is 411 g/mol. The zero-order valence-corrected chi connectivity index (χ0v) is 15.5. The van der Waals surface area contributed by atoms with Crippen LogP contribution in [-0.2, 0) is 4.79 Å². The molecule has 2 atom stereocenters. The van der Waals surface area contributed by atoms with Gasteiger partial charge >= 0.3 is 0 Å². The lowest BCUT2D eigenvalue weighted by Crippen LogP contribution is -2.40. The summed E-state index contributed by atoms with van der Waals surface area (Å²) in [6.07, 6.45) is -0.244. The van der Waals surface area contributed by atoms with E-state index in [1.54, 1.807) is 24.3 Å². The van der Waals surface area contributed by atoms with Gasteiger partial charge < -0.3 is 15.3 Å². The molecule has 2 heterocycles. The second-order valence-corrected chi connectivity index (χ2v) is 8.25. The van der Waals surface area contributed by atoms with E-state index >= 15 is 0 Å². The van der Waals surface area contributed by atoms with Gasteiger partial charge in [0.05, 0.1) is 27.4 Å². The summed E-state index contributed by atoms with van der Waals surface area (Å²) in [5, 5.41) is 12.5. The fraction of sp³-hybridized carbons (Fsp3) is 0.294. The van der Waals surface area contributed by atoms with Crippen LogP contribution in [0.15, 0.2) is 40.2 Å². The number of nitrogens with zero attached hydrogens (tertiary/aromatic N) is 1. The van der Waals surface area contributed by atoms with Gasteiger partial charge in [-0.1, -0.05) is 12.1 Å². The van der Waals surface area contributed by atoms with E-state index in [1.165, 1.54) is 28.4 Å². The van der Waals surface area contributed by atoms with Crippen LogP contribution in [0.5, 0.6) is 0 Å². The number of aliphatic hydroxyl groups excluding tert-OH is 1. The first-order valence-corrected chi connectivity index (χ1v) is 9.31. The average Bonchev–Trinajstić information content (AvgIpc) is 3.19. The van der Waals surface area contributed by atoms with Gasteiger partial charge in [-0.3, -0.25) is 9.59 Å². The third-order valence-electron chi connectivity index (χ3n) is 4.05. The molecule has 1 aromatic heterocycles. The van der Waals surface area contributed by atoms with E-state index in [1.807, 2.05) is 0 Å². The molecular formula is C17H16BrFN2O3S. The maximum absolute atomic E-state index is 13.1. The molecule has 0 saturated carbocycles. The maximum atomic E-state index is 13.1. The molecule has 2 N–H and O–H groups in total. The second kappa shape index (κ2) is 7.63. The molecule has 1 fully saturated rings.